The van der Waals surface area contributed by atoms with E-state index >= 15 is 0 Å². The Balaban J connectivity index is 1.88. The predicted octanol–water partition coefficient (Wildman–Crippen LogP) is 4.35. The molecule has 11 heteroatoms. The molecule has 0 atom stereocenters. The number of carbonyl (C=O) groups excluding carboxylic acids is 1. The Labute approximate surface area is 214 Å². The van der Waals surface area contributed by atoms with E-state index in [2.05, 4.69) is 10.5 Å². The lowest BCUT2D eigenvalue weighted by Gasteiger charge is -2.23. The van der Waals surface area contributed by atoms with Gasteiger partial charge in [0.05, 0.1) is 37.0 Å². The Morgan fingerprint density at radius 1 is 1.03 bits per heavy atom. The fourth-order valence-corrected chi connectivity index (χ4v) is 5.04. The zero-order valence-corrected chi connectivity index (χ0v) is 21.3. The van der Waals surface area contributed by atoms with Crippen LogP contribution < -0.4 is 14.9 Å². The number of halogens is 2. The second kappa shape index (κ2) is 12.0. The minimum absolute atomic E-state index is 0.0548. The number of nitrogens with one attached hydrogen (secondary N) is 1. The normalized spacial score (nSPS) is 11.6. The summed E-state index contributed by atoms with van der Waals surface area (Å²) in [6.07, 6.45) is 1.33. The summed E-state index contributed by atoms with van der Waals surface area (Å²) >= 11 is 12.1. The van der Waals surface area contributed by atoms with Gasteiger partial charge < -0.3 is 9.47 Å². The van der Waals surface area contributed by atoms with Crippen LogP contribution >= 0.6 is 23.2 Å². The van der Waals surface area contributed by atoms with Crippen molar-refractivity contribution in [2.24, 2.45) is 5.10 Å². The van der Waals surface area contributed by atoms with Crippen LogP contribution in [-0.2, 0) is 21.4 Å². The van der Waals surface area contributed by atoms with Crippen LogP contribution in [0.1, 0.15) is 11.1 Å². The molecule has 0 aromatic heterocycles. The first-order valence-electron chi connectivity index (χ1n) is 10.3. The van der Waals surface area contributed by atoms with Crippen molar-refractivity contribution in [3.05, 3.63) is 87.9 Å². The molecule has 0 unspecified atom stereocenters. The number of hydrogen-bond donors (Lipinski definition) is 1. The van der Waals surface area contributed by atoms with Crippen LogP contribution in [-0.4, -0.2) is 45.6 Å². The molecule has 3 aromatic carbocycles. The van der Waals surface area contributed by atoms with Gasteiger partial charge in [-0.05, 0) is 23.8 Å². The quantitative estimate of drug-likeness (QED) is 0.307. The zero-order chi connectivity index (χ0) is 25.4. The van der Waals surface area contributed by atoms with Crippen molar-refractivity contribution in [3.8, 4) is 11.5 Å². The number of ether oxygens (including phenoxy) is 2. The first-order chi connectivity index (χ1) is 16.8. The van der Waals surface area contributed by atoms with Crippen LogP contribution in [0.2, 0.25) is 10.0 Å². The van der Waals surface area contributed by atoms with E-state index in [4.69, 9.17) is 32.7 Å². The van der Waals surface area contributed by atoms with E-state index in [-0.39, 0.29) is 22.2 Å². The van der Waals surface area contributed by atoms with E-state index in [0.717, 1.165) is 4.31 Å². The van der Waals surface area contributed by atoms with E-state index < -0.39 is 22.5 Å². The second-order valence-corrected chi connectivity index (χ2v) is 9.90. The summed E-state index contributed by atoms with van der Waals surface area (Å²) in [5.41, 5.74) is 3.52. The maximum atomic E-state index is 13.6. The summed E-state index contributed by atoms with van der Waals surface area (Å²) < 4.78 is 38.8. The molecule has 0 saturated heterocycles. The number of hydrogen-bond acceptors (Lipinski definition) is 6. The summed E-state index contributed by atoms with van der Waals surface area (Å²) in [5.74, 6) is -0.199. The Morgan fingerprint density at radius 2 is 1.77 bits per heavy atom. The van der Waals surface area contributed by atoms with Crippen molar-refractivity contribution >= 4 is 45.3 Å². The van der Waals surface area contributed by atoms with Gasteiger partial charge in [-0.15, -0.1) is 0 Å². The zero-order valence-electron chi connectivity index (χ0n) is 18.9. The van der Waals surface area contributed by atoms with Crippen molar-refractivity contribution in [1.82, 2.24) is 9.73 Å². The third kappa shape index (κ3) is 6.73. The highest BCUT2D eigenvalue weighted by Gasteiger charge is 2.30. The molecule has 1 amide bonds. The molecule has 3 aromatic rings. The van der Waals surface area contributed by atoms with Gasteiger partial charge in [0.1, 0.15) is 16.4 Å². The molecule has 8 nitrogen and oxygen atoms in total. The largest absolute Gasteiger partial charge is 0.497 e. The van der Waals surface area contributed by atoms with E-state index in [1.165, 1.54) is 32.6 Å². The van der Waals surface area contributed by atoms with Crippen molar-refractivity contribution in [2.45, 2.75) is 11.4 Å². The van der Waals surface area contributed by atoms with Gasteiger partial charge in [-0.2, -0.15) is 9.41 Å². The lowest BCUT2D eigenvalue weighted by atomic mass is 10.2. The first-order valence-corrected chi connectivity index (χ1v) is 12.5. The molecule has 0 aliphatic carbocycles. The molecule has 35 heavy (non-hydrogen) atoms. The van der Waals surface area contributed by atoms with Crippen LogP contribution in [0.3, 0.4) is 0 Å². The third-order valence-corrected chi connectivity index (χ3v) is 7.53. The summed E-state index contributed by atoms with van der Waals surface area (Å²) in [6, 6.07) is 18.3. The van der Waals surface area contributed by atoms with Gasteiger partial charge in [0, 0.05) is 18.2 Å². The Bertz CT molecular complexity index is 1320. The topological polar surface area (TPSA) is 97.3 Å². The van der Waals surface area contributed by atoms with Gasteiger partial charge in [0.25, 0.3) is 5.91 Å². The molecule has 3 rings (SSSR count). The Hall–Kier alpha value is -3.11. The summed E-state index contributed by atoms with van der Waals surface area (Å²) in [5, 5.41) is 4.51. The molecular weight excluding hydrogens is 513 g/mol. The molecular formula is C24H23Cl2N3O5S. The number of sulfonamides is 1. The molecule has 0 aliphatic rings. The first kappa shape index (κ1) is 26.5. The molecule has 0 bridgehead atoms. The number of benzene rings is 3. The van der Waals surface area contributed by atoms with Crippen LogP contribution in [0, 0.1) is 0 Å². The number of methoxy groups -OCH3 is 2. The van der Waals surface area contributed by atoms with Gasteiger partial charge in [-0.3, -0.25) is 4.79 Å². The minimum Gasteiger partial charge on any atom is -0.497 e. The molecule has 0 radical (unpaired) electrons. The number of nitrogens with zero attached hydrogens (tertiary/aromatic N) is 2. The number of rotatable bonds is 10. The fraction of sp³-hybridized carbons (Fsp3) is 0.167. The molecule has 184 valence electrons. The summed E-state index contributed by atoms with van der Waals surface area (Å²) in [7, 11) is -1.39. The maximum Gasteiger partial charge on any atom is 0.255 e. The van der Waals surface area contributed by atoms with E-state index in [1.54, 1.807) is 48.5 Å². The highest BCUT2D eigenvalue weighted by atomic mass is 35.5. The van der Waals surface area contributed by atoms with E-state index in [9.17, 15) is 13.2 Å². The minimum atomic E-state index is -4.18. The number of amides is 1. The number of carbonyl (C=O) groups is 1. The average Bonchev–Trinajstić information content (AvgIpc) is 2.86. The standard InChI is InChI=1S/C24H23Cl2N3O5S/c1-33-19-11-12-21(34-2)22(13-19)35(31,32)29(15-17-7-4-3-5-8-17)16-23(30)28-27-14-18-9-6-10-20(25)24(18)26/h3-14H,15-16H2,1-2H3,(H,28,30)/b27-14+. The lowest BCUT2D eigenvalue weighted by molar-refractivity contribution is -0.121. The predicted molar refractivity (Wildman–Crippen MR) is 136 cm³/mol. The monoisotopic (exact) mass is 535 g/mol. The van der Waals surface area contributed by atoms with Crippen molar-refractivity contribution < 1.29 is 22.7 Å². The highest BCUT2D eigenvalue weighted by molar-refractivity contribution is 7.89. The van der Waals surface area contributed by atoms with E-state index in [1.807, 2.05) is 6.07 Å². The van der Waals surface area contributed by atoms with Crippen molar-refractivity contribution in [2.75, 3.05) is 20.8 Å². The SMILES string of the molecule is COc1ccc(OC)c(S(=O)(=O)N(CC(=O)N/N=C/c2cccc(Cl)c2Cl)Cc2ccccc2)c1. The van der Waals surface area contributed by atoms with E-state index in [0.29, 0.717) is 21.9 Å². The van der Waals surface area contributed by atoms with Gasteiger partial charge in [-0.25, -0.2) is 13.8 Å². The smallest absolute Gasteiger partial charge is 0.255 e. The average molecular weight is 536 g/mol. The van der Waals surface area contributed by atoms with Gasteiger partial charge in [0.15, 0.2) is 0 Å². The van der Waals surface area contributed by atoms with Gasteiger partial charge in [-0.1, -0.05) is 65.7 Å². The summed E-state index contributed by atoms with van der Waals surface area (Å²) in [6.45, 7) is -0.557. The molecule has 0 aliphatic heterocycles. The van der Waals surface area contributed by atoms with Crippen LogP contribution in [0.25, 0.3) is 0 Å². The Morgan fingerprint density at radius 3 is 2.46 bits per heavy atom. The molecule has 0 fully saturated rings. The number of hydrazone groups is 1. The molecule has 1 N–H and O–H groups in total. The summed E-state index contributed by atoms with van der Waals surface area (Å²) in [4.78, 5) is 12.6. The molecule has 0 heterocycles. The van der Waals surface area contributed by atoms with Gasteiger partial charge in [0.2, 0.25) is 10.0 Å². The second-order valence-electron chi connectivity index (χ2n) is 7.21. The third-order valence-electron chi connectivity index (χ3n) is 4.88. The van der Waals surface area contributed by atoms with Crippen LogP contribution in [0.15, 0.2) is 76.7 Å². The lowest BCUT2D eigenvalue weighted by Crippen LogP contribution is -2.39. The van der Waals surface area contributed by atoms with Crippen molar-refractivity contribution in [3.63, 3.8) is 0 Å². The maximum absolute atomic E-state index is 13.6. The molecule has 0 spiro atoms. The van der Waals surface area contributed by atoms with Crippen molar-refractivity contribution in [1.29, 1.82) is 0 Å². The highest BCUT2D eigenvalue weighted by Crippen LogP contribution is 2.31. The molecule has 0 saturated carbocycles. The van der Waals surface area contributed by atoms with Crippen LogP contribution in [0.5, 0.6) is 11.5 Å². The fourth-order valence-electron chi connectivity index (χ4n) is 3.13. The Kier molecular flexibility index (Phi) is 9.11. The van der Waals surface area contributed by atoms with Crippen LogP contribution in [0.4, 0.5) is 0 Å². The van der Waals surface area contributed by atoms with Gasteiger partial charge >= 0.3 is 0 Å².